The number of nitrogens with zero attached hydrogens (tertiary/aromatic N) is 2. The van der Waals surface area contributed by atoms with Crippen molar-refractivity contribution in [2.75, 3.05) is 0 Å². The second-order valence-corrected chi connectivity index (χ2v) is 4.17. The Balaban J connectivity index is 2.76. The van der Waals surface area contributed by atoms with E-state index in [2.05, 4.69) is 15.2 Å². The first-order chi connectivity index (χ1) is 6.04. The van der Waals surface area contributed by atoms with Gasteiger partial charge in [-0.2, -0.15) is 0 Å². The van der Waals surface area contributed by atoms with Crippen molar-refractivity contribution < 1.29 is 8.42 Å². The molecule has 0 atom stereocenters. The standard InChI is InChI=1S/C6H12N4O2S/c1-2-3-4-5-8-6(10-9-5)13(7,11)12/h2-4H2,1H3,(H2,7,11,12)(H,8,9,10). The van der Waals surface area contributed by atoms with Gasteiger partial charge in [0.2, 0.25) is 0 Å². The van der Waals surface area contributed by atoms with Crippen molar-refractivity contribution in [3.8, 4) is 0 Å². The van der Waals surface area contributed by atoms with Crippen LogP contribution in [0.2, 0.25) is 0 Å². The molecule has 1 rings (SSSR count). The van der Waals surface area contributed by atoms with Gasteiger partial charge in [-0.3, -0.25) is 5.10 Å². The fourth-order valence-electron chi connectivity index (χ4n) is 0.861. The van der Waals surface area contributed by atoms with Gasteiger partial charge in [0.15, 0.2) is 0 Å². The van der Waals surface area contributed by atoms with Crippen LogP contribution in [-0.4, -0.2) is 23.6 Å². The quantitative estimate of drug-likeness (QED) is 0.708. The second kappa shape index (κ2) is 3.84. The van der Waals surface area contributed by atoms with Gasteiger partial charge in [0.1, 0.15) is 5.82 Å². The third-order valence-corrected chi connectivity index (χ3v) is 2.22. The zero-order valence-electron chi connectivity index (χ0n) is 7.32. The van der Waals surface area contributed by atoms with Crippen LogP contribution in [0.5, 0.6) is 0 Å². The summed E-state index contributed by atoms with van der Waals surface area (Å²) in [5, 5.41) is 10.5. The number of sulfonamides is 1. The molecule has 0 unspecified atom stereocenters. The summed E-state index contributed by atoms with van der Waals surface area (Å²) in [4.78, 5) is 3.74. The number of hydrogen-bond donors (Lipinski definition) is 2. The summed E-state index contributed by atoms with van der Waals surface area (Å²) < 4.78 is 21.5. The zero-order valence-corrected chi connectivity index (χ0v) is 8.13. The first kappa shape index (κ1) is 10.1. The minimum absolute atomic E-state index is 0.335. The predicted octanol–water partition coefficient (Wildman–Crippen LogP) is -0.205. The van der Waals surface area contributed by atoms with Crippen LogP contribution in [0, 0.1) is 0 Å². The lowest BCUT2D eigenvalue weighted by molar-refractivity contribution is 0.589. The number of hydrogen-bond acceptors (Lipinski definition) is 4. The minimum Gasteiger partial charge on any atom is -0.262 e. The van der Waals surface area contributed by atoms with Crippen LogP contribution in [-0.2, 0) is 16.4 Å². The molecule has 1 aromatic heterocycles. The van der Waals surface area contributed by atoms with E-state index < -0.39 is 10.0 Å². The lowest BCUT2D eigenvalue weighted by atomic mass is 10.2. The Hall–Kier alpha value is -0.950. The summed E-state index contributed by atoms with van der Waals surface area (Å²) in [5.74, 6) is 0.561. The summed E-state index contributed by atoms with van der Waals surface area (Å²) in [6, 6.07) is 0. The molecule has 0 aromatic carbocycles. The predicted molar refractivity (Wildman–Crippen MR) is 46.4 cm³/mol. The minimum atomic E-state index is -3.76. The average molecular weight is 204 g/mol. The van der Waals surface area contributed by atoms with E-state index in [1.165, 1.54) is 0 Å². The van der Waals surface area contributed by atoms with Crippen molar-refractivity contribution in [3.05, 3.63) is 5.82 Å². The molecule has 3 N–H and O–H groups in total. The lowest BCUT2D eigenvalue weighted by Gasteiger charge is -1.90. The van der Waals surface area contributed by atoms with E-state index in [0.29, 0.717) is 12.2 Å². The summed E-state index contributed by atoms with van der Waals surface area (Å²) in [5.41, 5.74) is 0. The molecule has 0 aliphatic rings. The number of unbranched alkanes of at least 4 members (excludes halogenated alkanes) is 1. The summed E-state index contributed by atoms with van der Waals surface area (Å²) in [6.45, 7) is 2.04. The van der Waals surface area contributed by atoms with Gasteiger partial charge in [-0.15, -0.1) is 5.10 Å². The Kier molecular flexibility index (Phi) is 2.99. The SMILES string of the molecule is CCCCc1nc(S(N)(=O)=O)n[nH]1. The van der Waals surface area contributed by atoms with Crippen molar-refractivity contribution >= 4 is 10.0 Å². The largest absolute Gasteiger partial charge is 0.282 e. The van der Waals surface area contributed by atoms with Crippen LogP contribution in [0.4, 0.5) is 0 Å². The van der Waals surface area contributed by atoms with Gasteiger partial charge in [-0.1, -0.05) is 13.3 Å². The number of nitrogens with two attached hydrogens (primary N) is 1. The van der Waals surface area contributed by atoms with Crippen LogP contribution in [0.15, 0.2) is 5.16 Å². The van der Waals surface area contributed by atoms with E-state index in [1.807, 2.05) is 6.92 Å². The highest BCUT2D eigenvalue weighted by Crippen LogP contribution is 2.01. The molecular weight excluding hydrogens is 192 g/mol. The number of aromatic nitrogens is 3. The van der Waals surface area contributed by atoms with Crippen LogP contribution < -0.4 is 5.14 Å². The topological polar surface area (TPSA) is 102 Å². The average Bonchev–Trinajstić information content (AvgIpc) is 2.47. The molecule has 0 aliphatic carbocycles. The maximum Gasteiger partial charge on any atom is 0.282 e. The molecule has 1 heterocycles. The van der Waals surface area contributed by atoms with Crippen molar-refractivity contribution in [1.29, 1.82) is 0 Å². The van der Waals surface area contributed by atoms with Gasteiger partial charge < -0.3 is 0 Å². The van der Waals surface area contributed by atoms with E-state index in [-0.39, 0.29) is 5.16 Å². The Morgan fingerprint density at radius 3 is 2.69 bits per heavy atom. The Morgan fingerprint density at radius 1 is 1.54 bits per heavy atom. The van der Waals surface area contributed by atoms with Gasteiger partial charge in [-0.25, -0.2) is 18.5 Å². The van der Waals surface area contributed by atoms with Gasteiger partial charge in [0.25, 0.3) is 15.2 Å². The fourth-order valence-corrected chi connectivity index (χ4v) is 1.27. The molecule has 0 aliphatic heterocycles. The molecule has 0 spiro atoms. The summed E-state index contributed by atoms with van der Waals surface area (Å²) in [7, 11) is -3.76. The number of nitrogens with one attached hydrogen (secondary N) is 1. The normalized spacial score (nSPS) is 11.8. The highest BCUT2D eigenvalue weighted by molar-refractivity contribution is 7.89. The van der Waals surface area contributed by atoms with E-state index in [4.69, 9.17) is 5.14 Å². The summed E-state index contributed by atoms with van der Waals surface area (Å²) >= 11 is 0. The van der Waals surface area contributed by atoms with Crippen molar-refractivity contribution in [2.24, 2.45) is 5.14 Å². The Labute approximate surface area is 76.6 Å². The van der Waals surface area contributed by atoms with Crippen molar-refractivity contribution in [2.45, 2.75) is 31.3 Å². The molecule has 0 saturated carbocycles. The molecule has 1 aromatic rings. The first-order valence-electron chi connectivity index (χ1n) is 3.98. The maximum atomic E-state index is 10.8. The van der Waals surface area contributed by atoms with Crippen LogP contribution in [0.3, 0.4) is 0 Å². The molecule has 0 amide bonds. The Bertz CT molecular complexity index is 370. The van der Waals surface area contributed by atoms with E-state index >= 15 is 0 Å². The smallest absolute Gasteiger partial charge is 0.262 e. The number of primary sulfonamides is 1. The molecule has 7 heteroatoms. The Morgan fingerprint density at radius 2 is 2.23 bits per heavy atom. The molecule has 6 nitrogen and oxygen atoms in total. The van der Waals surface area contributed by atoms with E-state index in [0.717, 1.165) is 12.8 Å². The highest BCUT2D eigenvalue weighted by atomic mass is 32.2. The third-order valence-electron chi connectivity index (χ3n) is 1.53. The maximum absolute atomic E-state index is 10.8. The summed E-state index contributed by atoms with van der Waals surface area (Å²) in [6.07, 6.45) is 2.66. The van der Waals surface area contributed by atoms with E-state index in [9.17, 15) is 8.42 Å². The fraction of sp³-hybridized carbons (Fsp3) is 0.667. The van der Waals surface area contributed by atoms with Gasteiger partial charge in [-0.05, 0) is 6.42 Å². The van der Waals surface area contributed by atoms with Crippen LogP contribution in [0.25, 0.3) is 0 Å². The molecular formula is C6H12N4O2S. The lowest BCUT2D eigenvalue weighted by Crippen LogP contribution is -2.13. The first-order valence-corrected chi connectivity index (χ1v) is 5.52. The highest BCUT2D eigenvalue weighted by Gasteiger charge is 2.13. The van der Waals surface area contributed by atoms with Gasteiger partial charge >= 0.3 is 0 Å². The molecule has 0 radical (unpaired) electrons. The van der Waals surface area contributed by atoms with Crippen molar-refractivity contribution in [1.82, 2.24) is 15.2 Å². The second-order valence-electron chi connectivity index (χ2n) is 2.71. The van der Waals surface area contributed by atoms with E-state index in [1.54, 1.807) is 0 Å². The molecule has 0 saturated heterocycles. The molecule has 74 valence electrons. The molecule has 0 fully saturated rings. The van der Waals surface area contributed by atoms with Crippen LogP contribution in [0.1, 0.15) is 25.6 Å². The zero-order chi connectivity index (χ0) is 9.90. The number of aryl methyl sites for hydroxylation is 1. The number of H-pyrrole nitrogens is 1. The monoisotopic (exact) mass is 204 g/mol. The number of rotatable bonds is 4. The molecule has 13 heavy (non-hydrogen) atoms. The third kappa shape index (κ3) is 2.78. The number of aromatic amines is 1. The van der Waals surface area contributed by atoms with Gasteiger partial charge in [0.05, 0.1) is 0 Å². The van der Waals surface area contributed by atoms with Crippen LogP contribution >= 0.6 is 0 Å². The van der Waals surface area contributed by atoms with Gasteiger partial charge in [0, 0.05) is 6.42 Å². The molecule has 0 bridgehead atoms. The van der Waals surface area contributed by atoms with Crippen molar-refractivity contribution in [3.63, 3.8) is 0 Å².